The van der Waals surface area contributed by atoms with Gasteiger partial charge in [-0.05, 0) is 44.4 Å². The number of carbonyl (C=O) groups is 1. The number of H-pyrrole nitrogens is 1. The van der Waals surface area contributed by atoms with Crippen LogP contribution in [0.25, 0.3) is 0 Å². The summed E-state index contributed by atoms with van der Waals surface area (Å²) >= 11 is 0. The summed E-state index contributed by atoms with van der Waals surface area (Å²) < 4.78 is 33.0. The Bertz CT molecular complexity index is 861. The van der Waals surface area contributed by atoms with Gasteiger partial charge in [-0.3, -0.25) is 4.79 Å². The lowest BCUT2D eigenvalue weighted by Crippen LogP contribution is -2.32. The van der Waals surface area contributed by atoms with Crippen LogP contribution in [-0.2, 0) is 16.6 Å². The molecular weight excluding hydrogens is 354 g/mol. The van der Waals surface area contributed by atoms with Crippen molar-refractivity contribution in [1.29, 1.82) is 0 Å². The van der Waals surface area contributed by atoms with E-state index < -0.39 is 10.0 Å². The molecule has 0 atom stereocenters. The van der Waals surface area contributed by atoms with Crippen molar-refractivity contribution in [3.8, 4) is 0 Å². The smallest absolute Gasteiger partial charge is 0.268 e. The number of furan rings is 1. The van der Waals surface area contributed by atoms with E-state index in [0.717, 1.165) is 25.7 Å². The second-order valence-corrected chi connectivity index (χ2v) is 8.53. The Morgan fingerprint density at radius 3 is 2.54 bits per heavy atom. The Labute approximate surface area is 153 Å². The molecule has 26 heavy (non-hydrogen) atoms. The van der Waals surface area contributed by atoms with E-state index in [2.05, 4.69) is 10.3 Å². The number of nitrogens with zero attached hydrogens (tertiary/aromatic N) is 1. The van der Waals surface area contributed by atoms with E-state index in [4.69, 9.17) is 4.42 Å². The zero-order chi connectivity index (χ0) is 18.7. The minimum Gasteiger partial charge on any atom is -0.467 e. The Kier molecular flexibility index (Phi) is 5.52. The van der Waals surface area contributed by atoms with Gasteiger partial charge in [-0.25, -0.2) is 8.42 Å². The topological polar surface area (TPSA) is 95.4 Å². The lowest BCUT2D eigenvalue weighted by atomic mass is 10.2. The molecule has 1 aliphatic heterocycles. The highest BCUT2D eigenvalue weighted by molar-refractivity contribution is 7.89. The normalized spacial score (nSPS) is 16.4. The van der Waals surface area contributed by atoms with Gasteiger partial charge in [0.05, 0.1) is 12.8 Å². The summed E-state index contributed by atoms with van der Waals surface area (Å²) in [6.07, 6.45) is 5.39. The lowest BCUT2D eigenvalue weighted by molar-refractivity contribution is 0.0943. The molecule has 0 aliphatic carbocycles. The second-order valence-electron chi connectivity index (χ2n) is 6.66. The van der Waals surface area contributed by atoms with Crippen molar-refractivity contribution in [2.24, 2.45) is 0 Å². The molecule has 2 N–H and O–H groups in total. The quantitative estimate of drug-likeness (QED) is 0.835. The van der Waals surface area contributed by atoms with Gasteiger partial charge < -0.3 is 14.7 Å². The van der Waals surface area contributed by atoms with Gasteiger partial charge in [-0.2, -0.15) is 4.31 Å². The minimum absolute atomic E-state index is 0.225. The van der Waals surface area contributed by atoms with Gasteiger partial charge in [-0.15, -0.1) is 0 Å². The number of aryl methyl sites for hydroxylation is 1. The number of aromatic amines is 1. The predicted octanol–water partition coefficient (Wildman–Crippen LogP) is 2.72. The number of hydrogen-bond acceptors (Lipinski definition) is 4. The van der Waals surface area contributed by atoms with Crippen LogP contribution in [0.15, 0.2) is 27.7 Å². The van der Waals surface area contributed by atoms with Crippen molar-refractivity contribution in [3.63, 3.8) is 0 Å². The molecule has 0 aromatic carbocycles. The van der Waals surface area contributed by atoms with Crippen LogP contribution in [-0.4, -0.2) is 36.7 Å². The first kappa shape index (κ1) is 18.7. The molecule has 0 radical (unpaired) electrons. The molecule has 0 unspecified atom stereocenters. The van der Waals surface area contributed by atoms with Gasteiger partial charge in [0.25, 0.3) is 5.91 Å². The summed E-state index contributed by atoms with van der Waals surface area (Å²) in [6.45, 7) is 4.69. The number of carbonyl (C=O) groups excluding carboxylic acids is 1. The largest absolute Gasteiger partial charge is 0.467 e. The van der Waals surface area contributed by atoms with Crippen LogP contribution >= 0.6 is 0 Å². The van der Waals surface area contributed by atoms with Crippen LogP contribution in [0.5, 0.6) is 0 Å². The van der Waals surface area contributed by atoms with E-state index >= 15 is 0 Å². The molecule has 2 aromatic rings. The Balaban J connectivity index is 1.83. The van der Waals surface area contributed by atoms with E-state index in [1.807, 2.05) is 0 Å². The van der Waals surface area contributed by atoms with Crippen LogP contribution < -0.4 is 5.32 Å². The van der Waals surface area contributed by atoms with Crippen LogP contribution in [0.1, 0.15) is 53.2 Å². The summed E-state index contributed by atoms with van der Waals surface area (Å²) in [4.78, 5) is 15.7. The lowest BCUT2D eigenvalue weighted by Gasteiger charge is -2.20. The third kappa shape index (κ3) is 3.71. The fourth-order valence-corrected chi connectivity index (χ4v) is 5.35. The molecule has 0 saturated carbocycles. The fraction of sp³-hybridized carbons (Fsp3) is 0.500. The van der Waals surface area contributed by atoms with E-state index in [-0.39, 0.29) is 23.0 Å². The molecule has 3 heterocycles. The first-order valence-electron chi connectivity index (χ1n) is 8.91. The van der Waals surface area contributed by atoms with E-state index in [1.165, 1.54) is 6.26 Å². The Hall–Kier alpha value is -2.06. The summed E-state index contributed by atoms with van der Waals surface area (Å²) in [6, 6.07) is 3.51. The SMILES string of the molecule is Cc1[nH]c(C(=O)NCc2ccco2)c(C)c1S(=O)(=O)N1CCCCCC1. The standard InChI is InChI=1S/C18H25N3O4S/c1-13-16(18(22)19-12-15-8-7-11-25-15)20-14(2)17(13)26(23,24)21-9-5-3-4-6-10-21/h7-8,11,20H,3-6,9-10,12H2,1-2H3,(H,19,22). The van der Waals surface area contributed by atoms with Crippen LogP contribution in [0.4, 0.5) is 0 Å². The first-order valence-corrected chi connectivity index (χ1v) is 10.3. The molecule has 3 rings (SSSR count). The molecule has 8 heteroatoms. The summed E-state index contributed by atoms with van der Waals surface area (Å²) in [5, 5.41) is 2.75. The Morgan fingerprint density at radius 2 is 1.92 bits per heavy atom. The minimum atomic E-state index is -3.61. The van der Waals surface area contributed by atoms with Gasteiger partial charge in [-0.1, -0.05) is 12.8 Å². The molecule has 1 fully saturated rings. The van der Waals surface area contributed by atoms with Gasteiger partial charge >= 0.3 is 0 Å². The average Bonchev–Trinajstić information content (AvgIpc) is 3.11. The maximum atomic E-state index is 13.1. The second kappa shape index (κ2) is 7.67. The highest BCUT2D eigenvalue weighted by Crippen LogP contribution is 2.28. The number of rotatable bonds is 5. The van der Waals surface area contributed by atoms with E-state index in [0.29, 0.717) is 30.1 Å². The van der Waals surface area contributed by atoms with Crippen molar-refractivity contribution >= 4 is 15.9 Å². The molecule has 7 nitrogen and oxygen atoms in total. The number of hydrogen-bond donors (Lipinski definition) is 2. The number of aromatic nitrogens is 1. The molecule has 142 valence electrons. The third-order valence-corrected chi connectivity index (χ3v) is 6.94. The Morgan fingerprint density at radius 1 is 1.23 bits per heavy atom. The molecule has 0 bridgehead atoms. The fourth-order valence-electron chi connectivity index (χ4n) is 3.43. The zero-order valence-corrected chi connectivity index (χ0v) is 16.0. The van der Waals surface area contributed by atoms with Crippen molar-refractivity contribution in [1.82, 2.24) is 14.6 Å². The number of nitrogens with one attached hydrogen (secondary N) is 2. The zero-order valence-electron chi connectivity index (χ0n) is 15.2. The average molecular weight is 379 g/mol. The summed E-state index contributed by atoms with van der Waals surface area (Å²) in [7, 11) is -3.61. The molecule has 1 amide bonds. The molecule has 0 spiro atoms. The van der Waals surface area contributed by atoms with Gasteiger partial charge in [0.1, 0.15) is 16.3 Å². The molecule has 1 aliphatic rings. The summed E-state index contributed by atoms with van der Waals surface area (Å²) in [5.41, 5.74) is 1.24. The monoisotopic (exact) mass is 379 g/mol. The van der Waals surface area contributed by atoms with E-state index in [9.17, 15) is 13.2 Å². The highest BCUT2D eigenvalue weighted by Gasteiger charge is 2.31. The number of amides is 1. The van der Waals surface area contributed by atoms with Crippen LogP contribution in [0.3, 0.4) is 0 Å². The van der Waals surface area contributed by atoms with Gasteiger partial charge in [0, 0.05) is 18.8 Å². The van der Waals surface area contributed by atoms with E-state index in [1.54, 1.807) is 30.3 Å². The van der Waals surface area contributed by atoms with Crippen molar-refractivity contribution in [3.05, 3.63) is 41.1 Å². The molecular formula is C18H25N3O4S. The van der Waals surface area contributed by atoms with Crippen molar-refractivity contribution in [2.75, 3.05) is 13.1 Å². The molecule has 2 aromatic heterocycles. The third-order valence-electron chi connectivity index (χ3n) is 4.76. The first-order chi connectivity index (χ1) is 12.4. The van der Waals surface area contributed by atoms with Gasteiger partial charge in [0.15, 0.2) is 0 Å². The van der Waals surface area contributed by atoms with Crippen molar-refractivity contribution in [2.45, 2.75) is 51.0 Å². The highest BCUT2D eigenvalue weighted by atomic mass is 32.2. The predicted molar refractivity (Wildman–Crippen MR) is 97.4 cm³/mol. The van der Waals surface area contributed by atoms with Crippen LogP contribution in [0.2, 0.25) is 0 Å². The maximum absolute atomic E-state index is 13.1. The number of sulfonamides is 1. The molecule has 1 saturated heterocycles. The summed E-state index contributed by atoms with van der Waals surface area (Å²) in [5.74, 6) is 0.288. The maximum Gasteiger partial charge on any atom is 0.268 e. The van der Waals surface area contributed by atoms with Gasteiger partial charge in [0.2, 0.25) is 10.0 Å². The van der Waals surface area contributed by atoms with Crippen LogP contribution in [0, 0.1) is 13.8 Å². The van der Waals surface area contributed by atoms with Crippen molar-refractivity contribution < 1.29 is 17.6 Å².